The Morgan fingerprint density at radius 1 is 1.47 bits per heavy atom. The van der Waals surface area contributed by atoms with Crippen molar-refractivity contribution in [3.8, 4) is 0 Å². The molecule has 0 aromatic rings. The minimum atomic E-state index is 0.407. The molecule has 2 aliphatic rings. The van der Waals surface area contributed by atoms with Crippen molar-refractivity contribution in [2.75, 3.05) is 33.3 Å². The number of hydrogen-bond acceptors (Lipinski definition) is 3. The summed E-state index contributed by atoms with van der Waals surface area (Å²) in [6.07, 6.45) is 4.59. The smallest absolute Gasteiger partial charge is 0.0855 e. The van der Waals surface area contributed by atoms with Crippen LogP contribution in [0.3, 0.4) is 0 Å². The van der Waals surface area contributed by atoms with Crippen LogP contribution in [0, 0.1) is 5.92 Å². The molecule has 1 N–H and O–H groups in total. The Hall–Kier alpha value is -0.120. The fraction of sp³-hybridized carbons (Fsp3) is 1.00. The van der Waals surface area contributed by atoms with Gasteiger partial charge >= 0.3 is 0 Å². The third-order valence-corrected chi connectivity index (χ3v) is 3.50. The maximum atomic E-state index is 5.89. The number of morpholine rings is 1. The van der Waals surface area contributed by atoms with E-state index < -0.39 is 0 Å². The normalized spacial score (nSPS) is 30.4. The molecule has 1 heterocycles. The Morgan fingerprint density at radius 2 is 2.27 bits per heavy atom. The molecule has 0 amide bonds. The van der Waals surface area contributed by atoms with Gasteiger partial charge in [-0.15, -0.1) is 0 Å². The van der Waals surface area contributed by atoms with Gasteiger partial charge in [0.05, 0.1) is 12.7 Å². The predicted molar refractivity (Wildman–Crippen MR) is 62.0 cm³/mol. The molecule has 0 spiro atoms. The zero-order chi connectivity index (χ0) is 10.7. The lowest BCUT2D eigenvalue weighted by molar-refractivity contribution is -0.0405. The summed E-state index contributed by atoms with van der Waals surface area (Å²) in [5.74, 6) is 0.977. The molecule has 1 aliphatic heterocycles. The van der Waals surface area contributed by atoms with Gasteiger partial charge in [0.2, 0.25) is 0 Å². The van der Waals surface area contributed by atoms with Gasteiger partial charge in [-0.25, -0.2) is 0 Å². The molecule has 2 fully saturated rings. The van der Waals surface area contributed by atoms with Crippen LogP contribution in [0.5, 0.6) is 0 Å². The van der Waals surface area contributed by atoms with E-state index in [1.165, 1.54) is 19.3 Å². The van der Waals surface area contributed by atoms with Crippen molar-refractivity contribution < 1.29 is 4.74 Å². The molecule has 1 saturated heterocycles. The van der Waals surface area contributed by atoms with Gasteiger partial charge in [-0.05, 0) is 25.9 Å². The number of likely N-dealkylation sites (N-methyl/N-ethyl adjacent to an activating group) is 2. The van der Waals surface area contributed by atoms with Gasteiger partial charge in [0.25, 0.3) is 0 Å². The molecule has 88 valence electrons. The third kappa shape index (κ3) is 3.44. The summed E-state index contributed by atoms with van der Waals surface area (Å²) in [6.45, 7) is 6.31. The van der Waals surface area contributed by atoms with Crippen LogP contribution in [-0.2, 0) is 4.74 Å². The summed E-state index contributed by atoms with van der Waals surface area (Å²) in [4.78, 5) is 2.38. The lowest BCUT2D eigenvalue weighted by Crippen LogP contribution is -2.51. The van der Waals surface area contributed by atoms with Crippen molar-refractivity contribution in [1.82, 2.24) is 10.2 Å². The van der Waals surface area contributed by atoms with Crippen molar-refractivity contribution >= 4 is 0 Å². The fourth-order valence-electron chi connectivity index (χ4n) is 2.40. The first-order chi connectivity index (χ1) is 7.29. The number of rotatable bonds is 5. The Labute approximate surface area is 93.2 Å². The highest BCUT2D eigenvalue weighted by Gasteiger charge is 2.31. The lowest BCUT2D eigenvalue weighted by atomic mass is 10.0. The molecule has 0 bridgehead atoms. The number of nitrogens with one attached hydrogen (secondary N) is 1. The van der Waals surface area contributed by atoms with Crippen LogP contribution >= 0.6 is 0 Å². The highest BCUT2D eigenvalue weighted by Crippen LogP contribution is 2.34. The van der Waals surface area contributed by atoms with Gasteiger partial charge < -0.3 is 15.0 Å². The topological polar surface area (TPSA) is 24.5 Å². The molecule has 0 aromatic carbocycles. The Morgan fingerprint density at radius 3 is 2.87 bits per heavy atom. The summed E-state index contributed by atoms with van der Waals surface area (Å²) in [7, 11) is 2.19. The first kappa shape index (κ1) is 11.4. The molecule has 0 aromatic heterocycles. The Bertz CT molecular complexity index is 194. The summed E-state index contributed by atoms with van der Waals surface area (Å²) >= 11 is 0. The number of ether oxygens (including phenoxy) is 1. The van der Waals surface area contributed by atoms with Crippen molar-refractivity contribution in [3.63, 3.8) is 0 Å². The van der Waals surface area contributed by atoms with Crippen LogP contribution in [0.1, 0.15) is 26.2 Å². The van der Waals surface area contributed by atoms with E-state index in [0.29, 0.717) is 12.1 Å². The van der Waals surface area contributed by atoms with E-state index in [9.17, 15) is 0 Å². The molecule has 1 saturated carbocycles. The van der Waals surface area contributed by atoms with Gasteiger partial charge in [-0.3, -0.25) is 0 Å². The second-order valence-corrected chi connectivity index (χ2v) is 5.01. The minimum Gasteiger partial charge on any atom is -0.374 e. The number of hydrogen-bond donors (Lipinski definition) is 1. The van der Waals surface area contributed by atoms with Gasteiger partial charge in [-0.2, -0.15) is 0 Å². The lowest BCUT2D eigenvalue weighted by Gasteiger charge is -2.35. The maximum absolute atomic E-state index is 5.89. The van der Waals surface area contributed by atoms with Gasteiger partial charge in [0.15, 0.2) is 0 Å². The zero-order valence-corrected chi connectivity index (χ0v) is 10.0. The molecule has 1 aliphatic carbocycles. The van der Waals surface area contributed by atoms with Crippen molar-refractivity contribution in [1.29, 1.82) is 0 Å². The maximum Gasteiger partial charge on any atom is 0.0855 e. The zero-order valence-electron chi connectivity index (χ0n) is 10.0. The van der Waals surface area contributed by atoms with Crippen molar-refractivity contribution in [3.05, 3.63) is 0 Å². The number of nitrogens with zero attached hydrogens (tertiary/aromatic N) is 1. The van der Waals surface area contributed by atoms with Crippen LogP contribution in [0.2, 0.25) is 0 Å². The molecule has 15 heavy (non-hydrogen) atoms. The summed E-state index contributed by atoms with van der Waals surface area (Å²) < 4.78 is 5.89. The quantitative estimate of drug-likeness (QED) is 0.738. The fourth-order valence-corrected chi connectivity index (χ4v) is 2.40. The summed E-state index contributed by atoms with van der Waals surface area (Å²) in [6, 6.07) is 0.574. The van der Waals surface area contributed by atoms with Gasteiger partial charge in [0.1, 0.15) is 0 Å². The summed E-state index contributed by atoms with van der Waals surface area (Å²) in [5, 5.41) is 3.59. The van der Waals surface area contributed by atoms with Crippen LogP contribution in [0.25, 0.3) is 0 Å². The molecular formula is C12H24N2O. The van der Waals surface area contributed by atoms with E-state index in [4.69, 9.17) is 4.74 Å². The standard InChI is InChI=1S/C12H24N2O/c1-3-13-11(8-10-4-5-10)12-9-14(2)6-7-15-12/h10-13H,3-9H2,1-2H3. The highest BCUT2D eigenvalue weighted by molar-refractivity contribution is 4.87. The van der Waals surface area contributed by atoms with Gasteiger partial charge in [0, 0.05) is 19.1 Å². The Balaban J connectivity index is 1.83. The second kappa shape index (κ2) is 5.28. The van der Waals surface area contributed by atoms with Crippen molar-refractivity contribution in [2.24, 2.45) is 5.92 Å². The molecule has 2 atom stereocenters. The van der Waals surface area contributed by atoms with Crippen LogP contribution < -0.4 is 5.32 Å². The first-order valence-corrected chi connectivity index (χ1v) is 6.33. The monoisotopic (exact) mass is 212 g/mol. The Kier molecular flexibility index (Phi) is 4.00. The molecule has 3 nitrogen and oxygen atoms in total. The van der Waals surface area contributed by atoms with E-state index in [1.807, 2.05) is 0 Å². The van der Waals surface area contributed by atoms with Crippen LogP contribution in [0.4, 0.5) is 0 Å². The average molecular weight is 212 g/mol. The van der Waals surface area contributed by atoms with E-state index in [2.05, 4.69) is 24.2 Å². The molecule has 2 unspecified atom stereocenters. The van der Waals surface area contributed by atoms with E-state index in [0.717, 1.165) is 32.2 Å². The molecular weight excluding hydrogens is 188 g/mol. The average Bonchev–Trinajstić information content (AvgIpc) is 3.01. The van der Waals surface area contributed by atoms with Crippen LogP contribution in [0.15, 0.2) is 0 Å². The van der Waals surface area contributed by atoms with E-state index in [-0.39, 0.29) is 0 Å². The second-order valence-electron chi connectivity index (χ2n) is 5.01. The van der Waals surface area contributed by atoms with E-state index >= 15 is 0 Å². The molecule has 0 radical (unpaired) electrons. The highest BCUT2D eigenvalue weighted by atomic mass is 16.5. The largest absolute Gasteiger partial charge is 0.374 e. The van der Waals surface area contributed by atoms with Gasteiger partial charge in [-0.1, -0.05) is 19.8 Å². The summed E-state index contributed by atoms with van der Waals surface area (Å²) in [5.41, 5.74) is 0. The van der Waals surface area contributed by atoms with Crippen molar-refractivity contribution in [2.45, 2.75) is 38.3 Å². The SMILES string of the molecule is CCNC(CC1CC1)C1CN(C)CCO1. The predicted octanol–water partition coefficient (Wildman–Crippen LogP) is 1.10. The van der Waals surface area contributed by atoms with E-state index in [1.54, 1.807) is 0 Å². The van der Waals surface area contributed by atoms with Crippen LogP contribution in [-0.4, -0.2) is 50.3 Å². The molecule has 2 rings (SSSR count). The first-order valence-electron chi connectivity index (χ1n) is 6.33. The third-order valence-electron chi connectivity index (χ3n) is 3.50. The minimum absolute atomic E-state index is 0.407. The molecule has 3 heteroatoms.